The standard InChI is InChI=1S/C10H10ClNO3/c1-5(13)9-8(15)4-3-7(10(9)11)12-6(2)14/h3-4,15H,1-2H3,(H,12,14). The van der Waals surface area contributed by atoms with Crippen molar-refractivity contribution in [2.24, 2.45) is 0 Å². The number of carbonyl (C=O) groups is 2. The van der Waals surface area contributed by atoms with Gasteiger partial charge in [-0.3, -0.25) is 9.59 Å². The molecular formula is C10H10ClNO3. The van der Waals surface area contributed by atoms with E-state index in [1.807, 2.05) is 0 Å². The molecule has 0 saturated carbocycles. The zero-order chi connectivity index (χ0) is 11.6. The average molecular weight is 228 g/mol. The van der Waals surface area contributed by atoms with Crippen molar-refractivity contribution in [3.63, 3.8) is 0 Å². The third kappa shape index (κ3) is 2.47. The predicted octanol–water partition coefficient (Wildman–Crippen LogP) is 2.21. The van der Waals surface area contributed by atoms with Gasteiger partial charge in [-0.1, -0.05) is 11.6 Å². The zero-order valence-electron chi connectivity index (χ0n) is 8.30. The van der Waals surface area contributed by atoms with Gasteiger partial charge < -0.3 is 10.4 Å². The van der Waals surface area contributed by atoms with Crippen molar-refractivity contribution in [3.05, 3.63) is 22.7 Å². The number of carbonyl (C=O) groups excluding carboxylic acids is 2. The highest BCUT2D eigenvalue weighted by atomic mass is 35.5. The second kappa shape index (κ2) is 4.31. The van der Waals surface area contributed by atoms with E-state index >= 15 is 0 Å². The molecule has 1 aromatic rings. The van der Waals surface area contributed by atoms with Crippen molar-refractivity contribution in [2.75, 3.05) is 5.32 Å². The van der Waals surface area contributed by atoms with Crippen molar-refractivity contribution in [2.45, 2.75) is 13.8 Å². The summed E-state index contributed by atoms with van der Waals surface area (Å²) in [5.41, 5.74) is 0.329. The quantitative estimate of drug-likeness (QED) is 0.601. The number of ketones is 1. The average Bonchev–Trinajstić information content (AvgIpc) is 2.09. The number of benzene rings is 1. The Morgan fingerprint density at radius 3 is 2.40 bits per heavy atom. The summed E-state index contributed by atoms with van der Waals surface area (Å²) in [6.45, 7) is 2.62. The van der Waals surface area contributed by atoms with Crippen LogP contribution in [0.1, 0.15) is 24.2 Å². The van der Waals surface area contributed by atoms with Gasteiger partial charge in [0.25, 0.3) is 0 Å². The first-order valence-corrected chi connectivity index (χ1v) is 4.61. The minimum absolute atomic E-state index is 0.0166. The Bertz CT molecular complexity index is 429. The van der Waals surface area contributed by atoms with Crippen LogP contribution in [-0.2, 0) is 4.79 Å². The van der Waals surface area contributed by atoms with Gasteiger partial charge in [0.15, 0.2) is 5.78 Å². The lowest BCUT2D eigenvalue weighted by molar-refractivity contribution is -0.114. The van der Waals surface area contributed by atoms with E-state index in [0.29, 0.717) is 5.69 Å². The maximum absolute atomic E-state index is 11.2. The Hall–Kier alpha value is -1.55. The molecule has 0 fully saturated rings. The first-order valence-electron chi connectivity index (χ1n) is 4.23. The first kappa shape index (κ1) is 11.5. The summed E-state index contributed by atoms with van der Waals surface area (Å²) in [7, 11) is 0. The van der Waals surface area contributed by atoms with E-state index in [9.17, 15) is 14.7 Å². The van der Waals surface area contributed by atoms with Gasteiger partial charge in [-0.05, 0) is 19.1 Å². The largest absolute Gasteiger partial charge is 0.507 e. The monoisotopic (exact) mass is 227 g/mol. The molecule has 0 aliphatic carbocycles. The molecule has 0 heterocycles. The van der Waals surface area contributed by atoms with Crippen molar-refractivity contribution in [1.29, 1.82) is 0 Å². The van der Waals surface area contributed by atoms with Crippen LogP contribution in [0.25, 0.3) is 0 Å². The summed E-state index contributed by atoms with van der Waals surface area (Å²) in [5, 5.41) is 11.9. The van der Waals surface area contributed by atoms with Crippen molar-refractivity contribution >= 4 is 29.0 Å². The highest BCUT2D eigenvalue weighted by Crippen LogP contribution is 2.32. The number of rotatable bonds is 2. The molecule has 2 N–H and O–H groups in total. The lowest BCUT2D eigenvalue weighted by Gasteiger charge is -2.09. The summed E-state index contributed by atoms with van der Waals surface area (Å²) in [6.07, 6.45) is 0. The fraction of sp³-hybridized carbons (Fsp3) is 0.200. The first-order chi connectivity index (χ1) is 6.93. The zero-order valence-corrected chi connectivity index (χ0v) is 9.05. The van der Waals surface area contributed by atoms with E-state index in [4.69, 9.17) is 11.6 Å². The molecule has 5 heteroatoms. The van der Waals surface area contributed by atoms with Crippen LogP contribution in [0.3, 0.4) is 0 Å². The molecule has 0 saturated heterocycles. The minimum Gasteiger partial charge on any atom is -0.507 e. The van der Waals surface area contributed by atoms with Crippen molar-refractivity contribution < 1.29 is 14.7 Å². The van der Waals surface area contributed by atoms with E-state index in [0.717, 1.165) is 0 Å². The second-order valence-electron chi connectivity index (χ2n) is 3.06. The molecule has 0 aliphatic rings. The van der Waals surface area contributed by atoms with E-state index in [1.165, 1.54) is 26.0 Å². The number of hydrogen-bond donors (Lipinski definition) is 2. The van der Waals surface area contributed by atoms with Crippen LogP contribution in [0.5, 0.6) is 5.75 Å². The van der Waals surface area contributed by atoms with Gasteiger partial charge in [0, 0.05) is 6.92 Å². The summed E-state index contributed by atoms with van der Waals surface area (Å²) in [4.78, 5) is 22.0. The number of Topliss-reactive ketones (excluding diaryl/α,β-unsaturated/α-hetero) is 1. The van der Waals surface area contributed by atoms with E-state index < -0.39 is 0 Å². The fourth-order valence-electron chi connectivity index (χ4n) is 1.19. The Morgan fingerprint density at radius 2 is 1.93 bits per heavy atom. The molecule has 4 nitrogen and oxygen atoms in total. The number of aromatic hydroxyl groups is 1. The molecule has 0 unspecified atom stereocenters. The van der Waals surface area contributed by atoms with Crippen molar-refractivity contribution in [3.8, 4) is 5.75 Å². The normalized spacial score (nSPS) is 9.80. The van der Waals surface area contributed by atoms with E-state index in [1.54, 1.807) is 0 Å². The minimum atomic E-state index is -0.357. The van der Waals surface area contributed by atoms with Crippen LogP contribution in [-0.4, -0.2) is 16.8 Å². The van der Waals surface area contributed by atoms with Gasteiger partial charge in [-0.15, -0.1) is 0 Å². The Morgan fingerprint density at radius 1 is 1.33 bits per heavy atom. The number of halogens is 1. The highest BCUT2D eigenvalue weighted by molar-refractivity contribution is 6.37. The molecule has 0 bridgehead atoms. The van der Waals surface area contributed by atoms with Gasteiger partial charge in [0.1, 0.15) is 5.75 Å². The predicted molar refractivity (Wildman–Crippen MR) is 57.4 cm³/mol. The molecule has 0 radical (unpaired) electrons. The number of amides is 1. The third-order valence-corrected chi connectivity index (χ3v) is 2.18. The van der Waals surface area contributed by atoms with Crippen LogP contribution in [0.15, 0.2) is 12.1 Å². The lowest BCUT2D eigenvalue weighted by atomic mass is 10.1. The fourth-order valence-corrected chi connectivity index (χ4v) is 1.53. The molecule has 0 aliphatic heterocycles. The SMILES string of the molecule is CC(=O)Nc1ccc(O)c(C(C)=O)c1Cl. The molecule has 1 aromatic carbocycles. The number of nitrogens with one attached hydrogen (secondary N) is 1. The third-order valence-electron chi connectivity index (χ3n) is 1.78. The molecule has 1 amide bonds. The number of hydrogen-bond acceptors (Lipinski definition) is 3. The lowest BCUT2D eigenvalue weighted by Crippen LogP contribution is -2.07. The van der Waals surface area contributed by atoms with Crippen LogP contribution in [0.2, 0.25) is 5.02 Å². The number of phenols is 1. The van der Waals surface area contributed by atoms with E-state index in [2.05, 4.69) is 5.32 Å². The van der Waals surface area contributed by atoms with Crippen LogP contribution >= 0.6 is 11.6 Å². The topological polar surface area (TPSA) is 66.4 Å². The molecule has 0 spiro atoms. The molecule has 0 atom stereocenters. The van der Waals surface area contributed by atoms with Crippen LogP contribution in [0.4, 0.5) is 5.69 Å². The summed E-state index contributed by atoms with van der Waals surface area (Å²) >= 11 is 5.86. The highest BCUT2D eigenvalue weighted by Gasteiger charge is 2.15. The molecular weight excluding hydrogens is 218 g/mol. The van der Waals surface area contributed by atoms with Gasteiger partial charge in [0.05, 0.1) is 16.3 Å². The molecule has 15 heavy (non-hydrogen) atoms. The summed E-state index contributed by atoms with van der Waals surface area (Å²) < 4.78 is 0. The maximum Gasteiger partial charge on any atom is 0.221 e. The van der Waals surface area contributed by atoms with Crippen LogP contribution in [0, 0.1) is 0 Å². The molecule has 80 valence electrons. The molecule has 0 aromatic heterocycles. The Kier molecular flexibility index (Phi) is 3.31. The van der Waals surface area contributed by atoms with Gasteiger partial charge in [-0.25, -0.2) is 0 Å². The summed E-state index contributed by atoms with van der Waals surface area (Å²) in [6, 6.07) is 2.75. The van der Waals surface area contributed by atoms with E-state index in [-0.39, 0.29) is 28.0 Å². The molecule has 1 rings (SSSR count). The number of phenolic OH excluding ortho intramolecular Hbond substituents is 1. The smallest absolute Gasteiger partial charge is 0.221 e. The maximum atomic E-state index is 11.2. The van der Waals surface area contributed by atoms with Crippen LogP contribution < -0.4 is 5.32 Å². The van der Waals surface area contributed by atoms with Gasteiger partial charge in [-0.2, -0.15) is 0 Å². The van der Waals surface area contributed by atoms with Gasteiger partial charge >= 0.3 is 0 Å². The number of anilines is 1. The summed E-state index contributed by atoms with van der Waals surface area (Å²) in [5.74, 6) is -0.844. The Balaban J connectivity index is 3.28. The second-order valence-corrected chi connectivity index (χ2v) is 3.44. The van der Waals surface area contributed by atoms with Gasteiger partial charge in [0.2, 0.25) is 5.91 Å². The Labute approximate surface area is 91.9 Å². The van der Waals surface area contributed by atoms with Crippen molar-refractivity contribution in [1.82, 2.24) is 0 Å².